The zero-order chi connectivity index (χ0) is 17.2. The number of aromatic nitrogens is 2. The molecule has 2 heterocycles. The number of aromatic amines is 1. The van der Waals surface area contributed by atoms with Crippen molar-refractivity contribution in [2.24, 2.45) is 0 Å². The summed E-state index contributed by atoms with van der Waals surface area (Å²) in [6.07, 6.45) is 0.844. The lowest BCUT2D eigenvalue weighted by molar-refractivity contribution is -0.0369. The van der Waals surface area contributed by atoms with Crippen LogP contribution in [0, 0.1) is 0 Å². The highest BCUT2D eigenvalue weighted by molar-refractivity contribution is 7.98. The number of rotatable bonds is 5. The van der Waals surface area contributed by atoms with Crippen molar-refractivity contribution >= 4 is 11.8 Å². The van der Waals surface area contributed by atoms with E-state index in [1.807, 2.05) is 38.1 Å². The van der Waals surface area contributed by atoms with E-state index in [4.69, 9.17) is 9.84 Å². The summed E-state index contributed by atoms with van der Waals surface area (Å²) < 4.78 is 5.68. The second-order valence-electron chi connectivity index (χ2n) is 6.30. The molecule has 5 nitrogen and oxygen atoms in total. The van der Waals surface area contributed by atoms with Crippen molar-refractivity contribution < 1.29 is 9.84 Å². The maximum absolute atomic E-state index is 12.2. The fourth-order valence-electron chi connectivity index (χ4n) is 2.79. The Morgan fingerprint density at radius 1 is 1.33 bits per heavy atom. The quantitative estimate of drug-likeness (QED) is 0.870. The Hall–Kier alpha value is -1.63. The fraction of sp³-hybridized carbons (Fsp3) is 0.444. The summed E-state index contributed by atoms with van der Waals surface area (Å²) in [6.45, 7) is 4.23. The van der Waals surface area contributed by atoms with Crippen LogP contribution < -0.4 is 5.56 Å². The summed E-state index contributed by atoms with van der Waals surface area (Å²) in [7, 11) is 0. The molecule has 2 aromatic rings. The molecule has 0 saturated heterocycles. The largest absolute Gasteiger partial charge is 0.394 e. The number of fused-ring (bicyclic) bond motifs is 1. The van der Waals surface area contributed by atoms with Crippen LogP contribution in [0.5, 0.6) is 0 Å². The average Bonchev–Trinajstić information content (AvgIpc) is 2.60. The number of hydrogen-bond acceptors (Lipinski definition) is 5. The Morgan fingerprint density at radius 2 is 2.08 bits per heavy atom. The first-order valence-electron chi connectivity index (χ1n) is 8.07. The number of hydrogen-bond donors (Lipinski definition) is 2. The van der Waals surface area contributed by atoms with Crippen LogP contribution in [0.15, 0.2) is 29.1 Å². The van der Waals surface area contributed by atoms with E-state index in [9.17, 15) is 4.79 Å². The molecule has 0 unspecified atom stereocenters. The van der Waals surface area contributed by atoms with Crippen LogP contribution in [0.25, 0.3) is 11.4 Å². The van der Waals surface area contributed by atoms with Gasteiger partial charge in [-0.3, -0.25) is 4.79 Å². The average molecular weight is 346 g/mol. The summed E-state index contributed by atoms with van der Waals surface area (Å²) in [5.41, 5.74) is 3.12. The van der Waals surface area contributed by atoms with Crippen LogP contribution in [0.1, 0.15) is 30.7 Å². The molecule has 0 fully saturated rings. The third-order valence-corrected chi connectivity index (χ3v) is 5.22. The minimum atomic E-state index is -0.477. The standard InChI is InChI=1S/C18H22N2O3S/c1-18(2,23-9-8-21)13-5-3-12(4-6-13)16-19-15-7-10-24-11-14(15)17(22)20-16/h3-6,21H,7-11H2,1-2H3,(H,19,20,22). The molecule has 24 heavy (non-hydrogen) atoms. The van der Waals surface area contributed by atoms with E-state index in [0.717, 1.165) is 40.3 Å². The van der Waals surface area contributed by atoms with E-state index >= 15 is 0 Å². The van der Waals surface area contributed by atoms with Crippen molar-refractivity contribution in [2.75, 3.05) is 19.0 Å². The highest BCUT2D eigenvalue weighted by Crippen LogP contribution is 2.27. The lowest BCUT2D eigenvalue weighted by atomic mass is 9.96. The summed E-state index contributed by atoms with van der Waals surface area (Å²) in [4.78, 5) is 19.8. The first kappa shape index (κ1) is 17.2. The molecule has 0 spiro atoms. The van der Waals surface area contributed by atoms with Crippen LogP contribution in [0.4, 0.5) is 0 Å². The second-order valence-corrected chi connectivity index (χ2v) is 7.41. The molecule has 1 aliphatic rings. The summed E-state index contributed by atoms with van der Waals surface area (Å²) in [5.74, 6) is 2.37. The molecule has 1 aromatic heterocycles. The van der Waals surface area contributed by atoms with Gasteiger partial charge >= 0.3 is 0 Å². The number of aryl methyl sites for hydroxylation is 1. The first-order chi connectivity index (χ1) is 11.5. The third kappa shape index (κ3) is 3.55. The molecule has 3 rings (SSSR count). The molecule has 1 aliphatic heterocycles. The molecule has 1 aromatic carbocycles. The zero-order valence-corrected chi connectivity index (χ0v) is 14.8. The van der Waals surface area contributed by atoms with Crippen molar-refractivity contribution in [2.45, 2.75) is 31.6 Å². The van der Waals surface area contributed by atoms with E-state index < -0.39 is 5.60 Å². The number of thioether (sulfide) groups is 1. The Kier molecular flexibility index (Phi) is 5.08. The number of aliphatic hydroxyl groups is 1. The van der Waals surface area contributed by atoms with E-state index in [-0.39, 0.29) is 12.2 Å². The first-order valence-corrected chi connectivity index (χ1v) is 9.22. The lowest BCUT2D eigenvalue weighted by Crippen LogP contribution is -2.23. The normalized spacial score (nSPS) is 14.5. The Bertz CT molecular complexity index is 769. The van der Waals surface area contributed by atoms with Gasteiger partial charge in [0, 0.05) is 16.9 Å². The molecule has 6 heteroatoms. The minimum Gasteiger partial charge on any atom is -0.394 e. The molecule has 0 atom stereocenters. The summed E-state index contributed by atoms with van der Waals surface area (Å²) in [5, 5.41) is 8.92. The van der Waals surface area contributed by atoms with Crippen LogP contribution in [0.2, 0.25) is 0 Å². The number of H-pyrrole nitrogens is 1. The van der Waals surface area contributed by atoms with Crippen LogP contribution in [-0.4, -0.2) is 34.0 Å². The molecule has 0 radical (unpaired) electrons. The number of benzene rings is 1. The second kappa shape index (κ2) is 7.09. The minimum absolute atomic E-state index is 0.0000810. The number of nitrogens with one attached hydrogen (secondary N) is 1. The molecular formula is C18H22N2O3S. The SMILES string of the molecule is CC(C)(OCCO)c1ccc(-c2nc3c(c(=O)[nH]2)CSCC3)cc1. The van der Waals surface area contributed by atoms with Gasteiger partial charge in [-0.25, -0.2) is 4.98 Å². The van der Waals surface area contributed by atoms with Gasteiger partial charge < -0.3 is 14.8 Å². The van der Waals surface area contributed by atoms with Crippen molar-refractivity contribution in [3.8, 4) is 11.4 Å². The van der Waals surface area contributed by atoms with Gasteiger partial charge in [-0.1, -0.05) is 24.3 Å². The van der Waals surface area contributed by atoms with E-state index in [2.05, 4.69) is 9.97 Å². The lowest BCUT2D eigenvalue weighted by Gasteiger charge is -2.25. The van der Waals surface area contributed by atoms with Gasteiger partial charge in [-0.15, -0.1) is 0 Å². The molecular weight excluding hydrogens is 324 g/mol. The molecule has 0 saturated carbocycles. The van der Waals surface area contributed by atoms with Crippen LogP contribution in [-0.2, 0) is 22.5 Å². The summed E-state index contributed by atoms with van der Waals surface area (Å²) >= 11 is 1.77. The Morgan fingerprint density at radius 3 is 2.79 bits per heavy atom. The smallest absolute Gasteiger partial charge is 0.255 e. The Labute approximate surface area is 145 Å². The number of aliphatic hydroxyl groups excluding tert-OH is 1. The summed E-state index contributed by atoms with van der Waals surface area (Å²) in [6, 6.07) is 7.84. The Balaban J connectivity index is 1.89. The monoisotopic (exact) mass is 346 g/mol. The number of ether oxygens (including phenoxy) is 1. The molecule has 0 aliphatic carbocycles. The fourth-order valence-corrected chi connectivity index (χ4v) is 3.78. The maximum Gasteiger partial charge on any atom is 0.255 e. The van der Waals surface area contributed by atoms with Crippen LogP contribution >= 0.6 is 11.8 Å². The van der Waals surface area contributed by atoms with Gasteiger partial charge in [-0.05, 0) is 31.6 Å². The van der Waals surface area contributed by atoms with Gasteiger partial charge in [0.2, 0.25) is 0 Å². The third-order valence-electron chi connectivity index (χ3n) is 4.24. The predicted octanol–water partition coefficient (Wildman–Crippen LogP) is 2.47. The van der Waals surface area contributed by atoms with Gasteiger partial charge in [0.1, 0.15) is 5.82 Å². The van der Waals surface area contributed by atoms with Crippen molar-refractivity contribution in [3.05, 3.63) is 51.4 Å². The highest BCUT2D eigenvalue weighted by Gasteiger charge is 2.21. The highest BCUT2D eigenvalue weighted by atomic mass is 32.2. The van der Waals surface area contributed by atoms with Gasteiger partial charge in [0.05, 0.1) is 24.5 Å². The number of nitrogens with zero attached hydrogens (tertiary/aromatic N) is 1. The van der Waals surface area contributed by atoms with E-state index in [1.54, 1.807) is 11.8 Å². The topological polar surface area (TPSA) is 75.2 Å². The maximum atomic E-state index is 12.2. The molecule has 128 valence electrons. The van der Waals surface area contributed by atoms with Crippen molar-refractivity contribution in [1.29, 1.82) is 0 Å². The molecule has 2 N–H and O–H groups in total. The molecule has 0 bridgehead atoms. The van der Waals surface area contributed by atoms with Gasteiger partial charge in [0.15, 0.2) is 0 Å². The van der Waals surface area contributed by atoms with Crippen molar-refractivity contribution in [1.82, 2.24) is 9.97 Å². The van der Waals surface area contributed by atoms with Crippen molar-refractivity contribution in [3.63, 3.8) is 0 Å². The van der Waals surface area contributed by atoms with Gasteiger partial charge in [-0.2, -0.15) is 11.8 Å². The predicted molar refractivity (Wildman–Crippen MR) is 96.2 cm³/mol. The molecule has 0 amide bonds. The van der Waals surface area contributed by atoms with E-state index in [0.29, 0.717) is 12.4 Å². The zero-order valence-electron chi connectivity index (χ0n) is 14.0. The van der Waals surface area contributed by atoms with Gasteiger partial charge in [0.25, 0.3) is 5.56 Å². The van der Waals surface area contributed by atoms with E-state index in [1.165, 1.54) is 0 Å². The van der Waals surface area contributed by atoms with Crippen LogP contribution in [0.3, 0.4) is 0 Å².